The number of nitrogens with zero attached hydrogens (tertiary/aromatic N) is 2. The predicted octanol–water partition coefficient (Wildman–Crippen LogP) is 3.20. The van der Waals surface area contributed by atoms with Gasteiger partial charge in [0.05, 0.1) is 24.9 Å². The van der Waals surface area contributed by atoms with Crippen LogP contribution in [0.15, 0.2) is 60.8 Å². The van der Waals surface area contributed by atoms with Gasteiger partial charge in [0.15, 0.2) is 5.69 Å². The van der Waals surface area contributed by atoms with Crippen molar-refractivity contribution in [1.82, 2.24) is 15.1 Å². The molecule has 0 unspecified atom stereocenters. The molecule has 0 atom stereocenters. The van der Waals surface area contributed by atoms with Crippen LogP contribution in [0.3, 0.4) is 0 Å². The van der Waals surface area contributed by atoms with Crippen LogP contribution in [0.4, 0.5) is 5.69 Å². The van der Waals surface area contributed by atoms with Crippen molar-refractivity contribution in [1.29, 1.82) is 0 Å². The summed E-state index contributed by atoms with van der Waals surface area (Å²) in [5, 5.41) is 9.52. The van der Waals surface area contributed by atoms with Gasteiger partial charge in [-0.05, 0) is 69.3 Å². The Hall–Kier alpha value is -4.14. The van der Waals surface area contributed by atoms with Gasteiger partial charge in [-0.15, -0.1) is 0 Å². The van der Waals surface area contributed by atoms with E-state index < -0.39 is 5.97 Å². The molecule has 0 aliphatic carbocycles. The number of ether oxygens (including phenoxy) is 2. The molecule has 0 fully saturated rings. The highest BCUT2D eigenvalue weighted by Crippen LogP contribution is 2.16. The number of aromatic nitrogens is 2. The van der Waals surface area contributed by atoms with E-state index in [0.29, 0.717) is 22.7 Å². The summed E-state index contributed by atoms with van der Waals surface area (Å²) < 4.78 is 12.0. The summed E-state index contributed by atoms with van der Waals surface area (Å²) in [5.74, 6) is -0.574. The summed E-state index contributed by atoms with van der Waals surface area (Å²) in [5.41, 5.74) is 1.79. The van der Waals surface area contributed by atoms with Gasteiger partial charge in [-0.1, -0.05) is 6.07 Å². The number of rotatable bonds is 9. The van der Waals surface area contributed by atoms with Crippen LogP contribution < -0.4 is 15.4 Å². The Bertz CT molecular complexity index is 1120. The average Bonchev–Trinajstić information content (AvgIpc) is 3.28. The first-order chi connectivity index (χ1) is 15.9. The first-order valence-corrected chi connectivity index (χ1v) is 10.5. The second-order valence-electron chi connectivity index (χ2n) is 7.34. The molecule has 2 amide bonds. The third-order valence-electron chi connectivity index (χ3n) is 4.37. The Morgan fingerprint density at radius 1 is 1.06 bits per heavy atom. The highest BCUT2D eigenvalue weighted by molar-refractivity contribution is 5.99. The zero-order chi connectivity index (χ0) is 23.8. The largest absolute Gasteiger partial charge is 0.491 e. The van der Waals surface area contributed by atoms with E-state index in [1.54, 1.807) is 67.7 Å². The fourth-order valence-corrected chi connectivity index (χ4v) is 2.93. The van der Waals surface area contributed by atoms with Crippen LogP contribution in [0.5, 0.6) is 5.75 Å². The Kier molecular flexibility index (Phi) is 7.80. The summed E-state index contributed by atoms with van der Waals surface area (Å²) >= 11 is 0. The van der Waals surface area contributed by atoms with Crippen LogP contribution in [0.1, 0.15) is 41.6 Å². The van der Waals surface area contributed by atoms with E-state index in [9.17, 15) is 14.4 Å². The van der Waals surface area contributed by atoms with Crippen molar-refractivity contribution in [3.63, 3.8) is 0 Å². The minimum atomic E-state index is -0.501. The van der Waals surface area contributed by atoms with Gasteiger partial charge in [-0.3, -0.25) is 9.59 Å². The van der Waals surface area contributed by atoms with E-state index in [1.165, 1.54) is 4.68 Å². The minimum absolute atomic E-state index is 0.0415. The standard InChI is InChI=1S/C24H26N4O5/c1-4-32-24(31)21-12-13-28(27-21)19-7-5-6-18(14-19)26-22(29)15-25-23(30)17-8-10-20(11-9-17)33-16(2)3/h5-14,16H,4,15H2,1-3H3,(H,25,30)(H,26,29). The zero-order valence-corrected chi connectivity index (χ0v) is 18.7. The molecule has 3 aromatic rings. The lowest BCUT2D eigenvalue weighted by Gasteiger charge is -2.11. The summed E-state index contributed by atoms with van der Waals surface area (Å²) in [6.07, 6.45) is 1.67. The van der Waals surface area contributed by atoms with Crippen LogP contribution in [0.25, 0.3) is 5.69 Å². The maximum atomic E-state index is 12.3. The molecule has 0 saturated carbocycles. The molecule has 3 rings (SSSR count). The molecule has 172 valence electrons. The molecular weight excluding hydrogens is 424 g/mol. The molecule has 33 heavy (non-hydrogen) atoms. The molecule has 1 heterocycles. The van der Waals surface area contributed by atoms with Crippen LogP contribution >= 0.6 is 0 Å². The van der Waals surface area contributed by atoms with Gasteiger partial charge in [-0.25, -0.2) is 9.48 Å². The summed E-state index contributed by atoms with van der Waals surface area (Å²) in [6.45, 7) is 5.64. The predicted molar refractivity (Wildman–Crippen MR) is 123 cm³/mol. The highest BCUT2D eigenvalue weighted by Gasteiger charge is 2.12. The number of carbonyl (C=O) groups excluding carboxylic acids is 3. The number of nitrogens with one attached hydrogen (secondary N) is 2. The van der Waals surface area contributed by atoms with Gasteiger partial charge < -0.3 is 20.1 Å². The SMILES string of the molecule is CCOC(=O)c1ccn(-c2cccc(NC(=O)CNC(=O)c3ccc(OC(C)C)cc3)c2)n1. The number of benzene rings is 2. The Morgan fingerprint density at radius 3 is 2.52 bits per heavy atom. The van der Waals surface area contributed by atoms with Crippen LogP contribution in [-0.4, -0.2) is 46.8 Å². The van der Waals surface area contributed by atoms with Crippen molar-refractivity contribution < 1.29 is 23.9 Å². The lowest BCUT2D eigenvalue weighted by atomic mass is 10.2. The van der Waals surface area contributed by atoms with Crippen molar-refractivity contribution in [2.75, 3.05) is 18.5 Å². The quantitative estimate of drug-likeness (QED) is 0.484. The lowest BCUT2D eigenvalue weighted by molar-refractivity contribution is -0.115. The Balaban J connectivity index is 1.55. The molecule has 0 aliphatic heterocycles. The van der Waals surface area contributed by atoms with Gasteiger partial charge >= 0.3 is 5.97 Å². The molecule has 0 aliphatic rings. The Morgan fingerprint density at radius 2 is 1.82 bits per heavy atom. The third kappa shape index (κ3) is 6.67. The van der Waals surface area contributed by atoms with Gasteiger partial charge in [0.1, 0.15) is 5.75 Å². The number of amides is 2. The molecule has 2 N–H and O–H groups in total. The van der Waals surface area contributed by atoms with Crippen LogP contribution in [0, 0.1) is 0 Å². The summed E-state index contributed by atoms with van der Waals surface area (Å²) in [6, 6.07) is 15.2. The molecule has 0 saturated heterocycles. The summed E-state index contributed by atoms with van der Waals surface area (Å²) in [7, 11) is 0. The van der Waals surface area contributed by atoms with Crippen molar-refractivity contribution in [3.8, 4) is 11.4 Å². The van der Waals surface area contributed by atoms with E-state index in [2.05, 4.69) is 15.7 Å². The lowest BCUT2D eigenvalue weighted by Crippen LogP contribution is -2.32. The second kappa shape index (κ2) is 10.9. The van der Waals surface area contributed by atoms with Gasteiger partial charge in [0, 0.05) is 17.4 Å². The third-order valence-corrected chi connectivity index (χ3v) is 4.37. The fourth-order valence-electron chi connectivity index (χ4n) is 2.93. The monoisotopic (exact) mass is 450 g/mol. The van der Waals surface area contributed by atoms with Crippen molar-refractivity contribution in [3.05, 3.63) is 72.1 Å². The Labute approximate surface area is 191 Å². The molecule has 9 heteroatoms. The van der Waals surface area contributed by atoms with Crippen LogP contribution in [0.2, 0.25) is 0 Å². The van der Waals surface area contributed by atoms with Gasteiger partial charge in [-0.2, -0.15) is 5.10 Å². The van der Waals surface area contributed by atoms with Crippen molar-refractivity contribution in [2.24, 2.45) is 0 Å². The molecule has 0 spiro atoms. The highest BCUT2D eigenvalue weighted by atomic mass is 16.5. The van der Waals surface area contributed by atoms with E-state index in [4.69, 9.17) is 9.47 Å². The van der Waals surface area contributed by atoms with Crippen molar-refractivity contribution in [2.45, 2.75) is 26.9 Å². The van der Waals surface area contributed by atoms with E-state index in [-0.39, 0.29) is 36.8 Å². The molecule has 1 aromatic heterocycles. The van der Waals surface area contributed by atoms with Crippen molar-refractivity contribution >= 4 is 23.5 Å². The number of anilines is 1. The fraction of sp³-hybridized carbons (Fsp3) is 0.250. The van der Waals surface area contributed by atoms with E-state index in [1.807, 2.05) is 13.8 Å². The van der Waals surface area contributed by atoms with Gasteiger partial charge in [0.25, 0.3) is 5.91 Å². The maximum absolute atomic E-state index is 12.3. The minimum Gasteiger partial charge on any atom is -0.491 e. The van der Waals surface area contributed by atoms with Gasteiger partial charge in [0.2, 0.25) is 5.91 Å². The average molecular weight is 450 g/mol. The molecular formula is C24H26N4O5. The molecule has 2 aromatic carbocycles. The first kappa shape index (κ1) is 23.5. The molecule has 0 bridgehead atoms. The van der Waals surface area contributed by atoms with E-state index >= 15 is 0 Å². The smallest absolute Gasteiger partial charge is 0.358 e. The number of carbonyl (C=O) groups is 3. The van der Waals surface area contributed by atoms with E-state index in [0.717, 1.165) is 0 Å². The van der Waals surface area contributed by atoms with Crippen LogP contribution in [-0.2, 0) is 9.53 Å². The maximum Gasteiger partial charge on any atom is 0.358 e. The molecule has 0 radical (unpaired) electrons. The topological polar surface area (TPSA) is 112 Å². The first-order valence-electron chi connectivity index (χ1n) is 10.5. The zero-order valence-electron chi connectivity index (χ0n) is 18.7. The second-order valence-corrected chi connectivity index (χ2v) is 7.34. The number of hydrogen-bond donors (Lipinski definition) is 2. The molecule has 9 nitrogen and oxygen atoms in total. The number of hydrogen-bond acceptors (Lipinski definition) is 6. The number of esters is 1. The summed E-state index contributed by atoms with van der Waals surface area (Å²) in [4.78, 5) is 36.4. The normalized spacial score (nSPS) is 10.5.